The number of nitrogens with zero attached hydrogens (tertiary/aromatic N) is 4. The quantitative estimate of drug-likeness (QED) is 0.335. The van der Waals surface area contributed by atoms with E-state index < -0.39 is 0 Å². The van der Waals surface area contributed by atoms with Crippen LogP contribution in [0.1, 0.15) is 0 Å². The molecule has 1 N–H and O–H groups in total. The molecule has 2 aromatic heterocycles. The standard InChI is InChI=1S/C21H14Cl3N5OS/c22-13-4-6-17(7-5-13)29-20(18-3-1-2-8-25-18)27-28-21(29)31-12-19(30)26-16-10-14(23)9-15(24)11-16/h1-11H,12H2,(H,26,30). The van der Waals surface area contributed by atoms with Gasteiger partial charge in [0, 0.05) is 32.6 Å². The zero-order valence-electron chi connectivity index (χ0n) is 15.8. The predicted octanol–water partition coefficient (Wildman–Crippen LogP) is 6.02. The first-order valence-corrected chi connectivity index (χ1v) is 11.1. The van der Waals surface area contributed by atoms with Gasteiger partial charge >= 0.3 is 0 Å². The highest BCUT2D eigenvalue weighted by molar-refractivity contribution is 7.99. The summed E-state index contributed by atoms with van der Waals surface area (Å²) in [5.41, 5.74) is 1.99. The highest BCUT2D eigenvalue weighted by atomic mass is 35.5. The smallest absolute Gasteiger partial charge is 0.234 e. The molecule has 10 heteroatoms. The molecular weight excluding hydrogens is 477 g/mol. The lowest BCUT2D eigenvalue weighted by molar-refractivity contribution is -0.113. The summed E-state index contributed by atoms with van der Waals surface area (Å²) in [5, 5.41) is 13.4. The predicted molar refractivity (Wildman–Crippen MR) is 125 cm³/mol. The van der Waals surface area contributed by atoms with Gasteiger partial charge in [0.15, 0.2) is 11.0 Å². The van der Waals surface area contributed by atoms with Gasteiger partial charge in [-0.3, -0.25) is 14.3 Å². The topological polar surface area (TPSA) is 72.7 Å². The minimum Gasteiger partial charge on any atom is -0.325 e. The van der Waals surface area contributed by atoms with Gasteiger partial charge in [-0.25, -0.2) is 0 Å². The van der Waals surface area contributed by atoms with E-state index in [-0.39, 0.29) is 11.7 Å². The fourth-order valence-electron chi connectivity index (χ4n) is 2.80. The molecule has 0 aliphatic rings. The number of anilines is 1. The molecule has 156 valence electrons. The maximum Gasteiger partial charge on any atom is 0.234 e. The Morgan fingerprint density at radius 1 is 0.935 bits per heavy atom. The number of thioether (sulfide) groups is 1. The van der Waals surface area contributed by atoms with E-state index in [0.717, 1.165) is 5.69 Å². The van der Waals surface area contributed by atoms with Crippen LogP contribution in [0, 0.1) is 0 Å². The second kappa shape index (κ2) is 9.70. The first-order valence-electron chi connectivity index (χ1n) is 9.01. The molecule has 0 fully saturated rings. The third-order valence-electron chi connectivity index (χ3n) is 4.09. The van der Waals surface area contributed by atoms with Crippen molar-refractivity contribution in [2.24, 2.45) is 0 Å². The SMILES string of the molecule is O=C(CSc1nnc(-c2ccccn2)n1-c1ccc(Cl)cc1)Nc1cc(Cl)cc(Cl)c1. The molecule has 0 saturated carbocycles. The van der Waals surface area contributed by atoms with Gasteiger partial charge in [0.25, 0.3) is 0 Å². The zero-order chi connectivity index (χ0) is 21.8. The van der Waals surface area contributed by atoms with Crippen molar-refractivity contribution in [1.82, 2.24) is 19.7 Å². The molecule has 4 aromatic rings. The lowest BCUT2D eigenvalue weighted by Gasteiger charge is -2.10. The number of nitrogens with one attached hydrogen (secondary N) is 1. The third kappa shape index (κ3) is 5.37. The van der Waals surface area contributed by atoms with Gasteiger partial charge in [0.1, 0.15) is 5.69 Å². The van der Waals surface area contributed by atoms with E-state index in [0.29, 0.717) is 37.4 Å². The van der Waals surface area contributed by atoms with E-state index in [1.807, 2.05) is 34.9 Å². The van der Waals surface area contributed by atoms with Crippen LogP contribution in [-0.4, -0.2) is 31.4 Å². The van der Waals surface area contributed by atoms with Crippen molar-refractivity contribution in [3.8, 4) is 17.2 Å². The summed E-state index contributed by atoms with van der Waals surface area (Å²) in [7, 11) is 0. The minimum atomic E-state index is -0.228. The fraction of sp³-hybridized carbons (Fsp3) is 0.0476. The number of hydrogen-bond acceptors (Lipinski definition) is 5. The van der Waals surface area contributed by atoms with Crippen LogP contribution in [0.15, 0.2) is 72.0 Å². The van der Waals surface area contributed by atoms with Crippen molar-refractivity contribution in [3.05, 3.63) is 81.9 Å². The number of aromatic nitrogens is 4. The minimum absolute atomic E-state index is 0.109. The van der Waals surface area contributed by atoms with Crippen LogP contribution in [-0.2, 0) is 4.79 Å². The molecular formula is C21H14Cl3N5OS. The van der Waals surface area contributed by atoms with E-state index in [9.17, 15) is 4.79 Å². The summed E-state index contributed by atoms with van der Waals surface area (Å²) in [4.78, 5) is 16.8. The Kier molecular flexibility index (Phi) is 6.77. The maximum absolute atomic E-state index is 12.5. The number of hydrogen-bond donors (Lipinski definition) is 1. The van der Waals surface area contributed by atoms with Crippen LogP contribution < -0.4 is 5.32 Å². The first-order chi connectivity index (χ1) is 15.0. The number of rotatable bonds is 6. The fourth-order valence-corrected chi connectivity index (χ4v) is 4.20. The van der Waals surface area contributed by atoms with Crippen molar-refractivity contribution >= 4 is 58.2 Å². The molecule has 0 unspecified atom stereocenters. The number of carbonyl (C=O) groups excluding carboxylic acids is 1. The van der Waals surface area contributed by atoms with E-state index >= 15 is 0 Å². The van der Waals surface area contributed by atoms with Crippen LogP contribution in [0.4, 0.5) is 5.69 Å². The van der Waals surface area contributed by atoms with Crippen molar-refractivity contribution in [2.45, 2.75) is 5.16 Å². The number of carbonyl (C=O) groups is 1. The summed E-state index contributed by atoms with van der Waals surface area (Å²) < 4.78 is 1.84. The zero-order valence-corrected chi connectivity index (χ0v) is 18.9. The third-order valence-corrected chi connectivity index (χ3v) is 5.71. The Hall–Kier alpha value is -2.58. The number of pyridine rings is 1. The Balaban J connectivity index is 1.58. The first kappa shape index (κ1) is 21.6. The molecule has 2 heterocycles. The van der Waals surface area contributed by atoms with Crippen molar-refractivity contribution in [3.63, 3.8) is 0 Å². The van der Waals surface area contributed by atoms with E-state index in [4.69, 9.17) is 34.8 Å². The summed E-state index contributed by atoms with van der Waals surface area (Å²) in [6, 6.07) is 17.7. The molecule has 0 saturated heterocycles. The van der Waals surface area contributed by atoms with E-state index in [1.54, 1.807) is 36.5 Å². The van der Waals surface area contributed by atoms with Crippen molar-refractivity contribution in [1.29, 1.82) is 0 Å². The van der Waals surface area contributed by atoms with Crippen LogP contribution in [0.5, 0.6) is 0 Å². The van der Waals surface area contributed by atoms with Gasteiger partial charge in [-0.15, -0.1) is 10.2 Å². The summed E-state index contributed by atoms with van der Waals surface area (Å²) in [5.74, 6) is 0.443. The monoisotopic (exact) mass is 489 g/mol. The van der Waals surface area contributed by atoms with Gasteiger partial charge in [0.05, 0.1) is 5.75 Å². The Morgan fingerprint density at radius 3 is 2.35 bits per heavy atom. The van der Waals surface area contributed by atoms with Gasteiger partial charge < -0.3 is 5.32 Å². The van der Waals surface area contributed by atoms with Gasteiger partial charge in [0.2, 0.25) is 5.91 Å². The molecule has 0 atom stereocenters. The molecule has 6 nitrogen and oxygen atoms in total. The van der Waals surface area contributed by atoms with Gasteiger partial charge in [-0.1, -0.05) is 52.6 Å². The van der Waals surface area contributed by atoms with Gasteiger partial charge in [-0.2, -0.15) is 0 Å². The summed E-state index contributed by atoms with van der Waals surface area (Å²) in [6.45, 7) is 0. The van der Waals surface area contributed by atoms with Crippen molar-refractivity contribution < 1.29 is 4.79 Å². The average Bonchev–Trinajstić information content (AvgIpc) is 3.17. The summed E-state index contributed by atoms with van der Waals surface area (Å²) >= 11 is 19.3. The highest BCUT2D eigenvalue weighted by Crippen LogP contribution is 2.28. The molecule has 1 amide bonds. The van der Waals surface area contributed by atoms with Crippen LogP contribution in [0.25, 0.3) is 17.2 Å². The normalized spacial score (nSPS) is 10.8. The molecule has 0 bridgehead atoms. The average molecular weight is 491 g/mol. The van der Waals surface area contributed by atoms with E-state index in [1.165, 1.54) is 11.8 Å². The maximum atomic E-state index is 12.5. The van der Waals surface area contributed by atoms with Crippen LogP contribution in [0.2, 0.25) is 15.1 Å². The lowest BCUT2D eigenvalue weighted by atomic mass is 10.3. The van der Waals surface area contributed by atoms with Crippen LogP contribution in [0.3, 0.4) is 0 Å². The van der Waals surface area contributed by atoms with Crippen LogP contribution >= 0.6 is 46.6 Å². The second-order valence-electron chi connectivity index (χ2n) is 6.33. The number of benzene rings is 2. The molecule has 0 spiro atoms. The number of amides is 1. The largest absolute Gasteiger partial charge is 0.325 e. The van der Waals surface area contributed by atoms with Gasteiger partial charge in [-0.05, 0) is 54.6 Å². The summed E-state index contributed by atoms with van der Waals surface area (Å²) in [6.07, 6.45) is 1.69. The molecule has 0 radical (unpaired) electrons. The van der Waals surface area contributed by atoms with E-state index in [2.05, 4.69) is 20.5 Å². The Labute approximate surface area is 197 Å². The molecule has 4 rings (SSSR count). The Bertz CT molecular complexity index is 1200. The molecule has 31 heavy (non-hydrogen) atoms. The van der Waals surface area contributed by atoms with Crippen molar-refractivity contribution in [2.75, 3.05) is 11.1 Å². The molecule has 2 aromatic carbocycles. The number of halogens is 3. The molecule has 0 aliphatic carbocycles. The Morgan fingerprint density at radius 2 is 1.68 bits per heavy atom. The molecule has 0 aliphatic heterocycles. The highest BCUT2D eigenvalue weighted by Gasteiger charge is 2.18. The second-order valence-corrected chi connectivity index (χ2v) is 8.58. The lowest BCUT2D eigenvalue weighted by Crippen LogP contribution is -2.14.